The van der Waals surface area contributed by atoms with Crippen molar-refractivity contribution in [2.45, 2.75) is 83.8 Å². The molecule has 1 aromatic rings. The van der Waals surface area contributed by atoms with Crippen molar-refractivity contribution in [1.29, 1.82) is 0 Å². The van der Waals surface area contributed by atoms with Crippen LogP contribution < -0.4 is 5.32 Å². The Hall–Kier alpha value is -2.54. The number of hydrogen-bond donors (Lipinski definition) is 3. The molecule has 0 aromatic heterocycles. The van der Waals surface area contributed by atoms with E-state index in [1.165, 1.54) is 12.3 Å². The Bertz CT molecular complexity index is 763. The average Bonchev–Trinajstić information content (AvgIpc) is 2.76. The molecule has 0 bridgehead atoms. The summed E-state index contributed by atoms with van der Waals surface area (Å²) >= 11 is 0. The van der Waals surface area contributed by atoms with Crippen molar-refractivity contribution in [3.05, 3.63) is 41.6 Å². The average molecular weight is 448 g/mol. The van der Waals surface area contributed by atoms with Gasteiger partial charge in [0, 0.05) is 19.0 Å². The number of cyclic esters (lactones) is 1. The molecule has 2 rings (SSSR count). The number of carbonyl (C=O) groups is 2. The van der Waals surface area contributed by atoms with Crippen molar-refractivity contribution in [3.8, 4) is 5.75 Å². The molecule has 7 nitrogen and oxygen atoms in total. The van der Waals surface area contributed by atoms with E-state index < -0.39 is 24.3 Å². The fourth-order valence-electron chi connectivity index (χ4n) is 3.81. The van der Waals surface area contributed by atoms with Gasteiger partial charge in [0.2, 0.25) is 0 Å². The monoisotopic (exact) mass is 447 g/mol. The summed E-state index contributed by atoms with van der Waals surface area (Å²) in [5.41, 5.74) is 0.962. The standard InChI is InChI=1S/C25H37NO6/c1-3-4-7-16-31-25(30)26-15-9-13-20-17-22(28)18(2)10-5-6-11-19-12-8-14-21(27)23(19)24(29)32-20/h8-9,12,14-15,18,20,22,27-28H,3-7,10-11,13,16-17H2,1-2H3,(H,26,30)/b15-9+/t18-,20?,22+/m0/s1. The second-order valence-corrected chi connectivity index (χ2v) is 8.49. The lowest BCUT2D eigenvalue weighted by Gasteiger charge is -2.25. The second kappa shape index (κ2) is 13.8. The normalized spacial score (nSPS) is 22.3. The Labute approximate surface area is 190 Å². The molecule has 1 heterocycles. The lowest BCUT2D eigenvalue weighted by Crippen LogP contribution is -2.28. The molecule has 1 aliphatic rings. The minimum Gasteiger partial charge on any atom is -0.507 e. The van der Waals surface area contributed by atoms with Gasteiger partial charge in [-0.2, -0.15) is 0 Å². The first-order valence-electron chi connectivity index (χ1n) is 11.7. The van der Waals surface area contributed by atoms with Crippen molar-refractivity contribution in [2.75, 3.05) is 6.61 Å². The molecule has 178 valence electrons. The van der Waals surface area contributed by atoms with E-state index in [-0.39, 0.29) is 23.7 Å². The Morgan fingerprint density at radius 3 is 2.91 bits per heavy atom. The molecule has 0 aliphatic carbocycles. The molecule has 7 heteroatoms. The van der Waals surface area contributed by atoms with Gasteiger partial charge in [-0.15, -0.1) is 0 Å². The van der Waals surface area contributed by atoms with E-state index >= 15 is 0 Å². The highest BCUT2D eigenvalue weighted by molar-refractivity contribution is 5.94. The van der Waals surface area contributed by atoms with Crippen molar-refractivity contribution >= 4 is 12.1 Å². The number of rotatable bonds is 7. The fraction of sp³-hybridized carbons (Fsp3) is 0.600. The maximum Gasteiger partial charge on any atom is 0.411 e. The third-order valence-corrected chi connectivity index (χ3v) is 5.82. The number of esters is 1. The first-order valence-corrected chi connectivity index (χ1v) is 11.7. The molecule has 0 spiro atoms. The van der Waals surface area contributed by atoms with Gasteiger partial charge in [-0.1, -0.05) is 51.3 Å². The lowest BCUT2D eigenvalue weighted by atomic mass is 9.91. The SMILES string of the molecule is CCCCCOC(=O)N/C=C/CC1C[C@@H](O)[C@@H](C)CCCCc2cccc(O)c2C(=O)O1. The number of fused-ring (bicyclic) bond motifs is 1. The zero-order chi connectivity index (χ0) is 23.3. The minimum atomic E-state index is -0.610. The summed E-state index contributed by atoms with van der Waals surface area (Å²) < 4.78 is 10.8. The van der Waals surface area contributed by atoms with Crippen molar-refractivity contribution in [2.24, 2.45) is 5.92 Å². The highest BCUT2D eigenvalue weighted by atomic mass is 16.5. The molecule has 3 atom stereocenters. The summed E-state index contributed by atoms with van der Waals surface area (Å²) in [6, 6.07) is 5.05. The van der Waals surface area contributed by atoms with Gasteiger partial charge in [0.05, 0.1) is 12.7 Å². The zero-order valence-electron chi connectivity index (χ0n) is 19.2. The first-order chi connectivity index (χ1) is 15.4. The van der Waals surface area contributed by atoms with Crippen LogP contribution in [0.25, 0.3) is 0 Å². The van der Waals surface area contributed by atoms with Gasteiger partial charge in [0.1, 0.15) is 17.4 Å². The molecule has 3 N–H and O–H groups in total. The predicted octanol–water partition coefficient (Wildman–Crippen LogP) is 4.85. The van der Waals surface area contributed by atoms with Crippen LogP contribution in [0.15, 0.2) is 30.5 Å². The number of amides is 1. The van der Waals surface area contributed by atoms with Gasteiger partial charge >= 0.3 is 12.1 Å². The largest absolute Gasteiger partial charge is 0.507 e. The van der Waals surface area contributed by atoms with Gasteiger partial charge in [-0.05, 0) is 43.2 Å². The molecule has 32 heavy (non-hydrogen) atoms. The third-order valence-electron chi connectivity index (χ3n) is 5.82. The summed E-state index contributed by atoms with van der Waals surface area (Å²) in [5, 5.41) is 23.4. The number of benzene rings is 1. The van der Waals surface area contributed by atoms with Gasteiger partial charge in [-0.3, -0.25) is 5.32 Å². The molecule has 1 unspecified atom stereocenters. The Morgan fingerprint density at radius 2 is 2.12 bits per heavy atom. The topological polar surface area (TPSA) is 105 Å². The molecule has 0 fully saturated rings. The van der Waals surface area contributed by atoms with Gasteiger partial charge < -0.3 is 19.7 Å². The fourth-order valence-corrected chi connectivity index (χ4v) is 3.81. The van der Waals surface area contributed by atoms with Gasteiger partial charge in [0.15, 0.2) is 0 Å². The molecular formula is C25H37NO6. The van der Waals surface area contributed by atoms with Crippen LogP contribution >= 0.6 is 0 Å². The highest BCUT2D eigenvalue weighted by Crippen LogP contribution is 2.27. The quantitative estimate of drug-likeness (QED) is 0.408. The van der Waals surface area contributed by atoms with Crippen LogP contribution in [0.4, 0.5) is 4.79 Å². The highest BCUT2D eigenvalue weighted by Gasteiger charge is 2.26. The summed E-state index contributed by atoms with van der Waals surface area (Å²) in [4.78, 5) is 24.6. The lowest BCUT2D eigenvalue weighted by molar-refractivity contribution is 0.00529. The number of aliphatic hydroxyl groups is 1. The maximum atomic E-state index is 12.9. The second-order valence-electron chi connectivity index (χ2n) is 8.49. The van der Waals surface area contributed by atoms with Crippen LogP contribution in [0.1, 0.15) is 81.1 Å². The number of unbranched alkanes of at least 4 members (excludes halogenated alkanes) is 2. The molecule has 1 aromatic carbocycles. The Morgan fingerprint density at radius 1 is 1.31 bits per heavy atom. The van der Waals surface area contributed by atoms with Crippen LogP contribution in [-0.2, 0) is 15.9 Å². The maximum absolute atomic E-state index is 12.9. The molecule has 0 saturated carbocycles. The number of aryl methyl sites for hydroxylation is 1. The first kappa shape index (κ1) is 25.7. The van der Waals surface area contributed by atoms with Crippen LogP contribution in [0.2, 0.25) is 0 Å². The van der Waals surface area contributed by atoms with Crippen LogP contribution in [0.3, 0.4) is 0 Å². The van der Waals surface area contributed by atoms with Crippen molar-refractivity contribution in [1.82, 2.24) is 5.32 Å². The summed E-state index contributed by atoms with van der Waals surface area (Å²) in [6.07, 6.45) is 8.23. The van der Waals surface area contributed by atoms with E-state index in [0.29, 0.717) is 19.4 Å². The zero-order valence-corrected chi connectivity index (χ0v) is 19.2. The number of aliphatic hydroxyl groups excluding tert-OH is 1. The number of nitrogens with one attached hydrogen (secondary N) is 1. The predicted molar refractivity (Wildman–Crippen MR) is 122 cm³/mol. The number of ether oxygens (including phenoxy) is 2. The van der Waals surface area contributed by atoms with Gasteiger partial charge in [0.25, 0.3) is 0 Å². The minimum absolute atomic E-state index is 0.0829. The van der Waals surface area contributed by atoms with Crippen LogP contribution in [0, 0.1) is 5.92 Å². The van der Waals surface area contributed by atoms with E-state index in [1.807, 2.05) is 13.0 Å². The Balaban J connectivity index is 2.03. The number of alkyl carbamates (subject to hydrolysis) is 1. The van der Waals surface area contributed by atoms with E-state index in [9.17, 15) is 19.8 Å². The van der Waals surface area contributed by atoms with Gasteiger partial charge in [-0.25, -0.2) is 9.59 Å². The van der Waals surface area contributed by atoms with Crippen LogP contribution in [0.5, 0.6) is 5.75 Å². The number of hydrogen-bond acceptors (Lipinski definition) is 6. The third kappa shape index (κ3) is 8.54. The number of phenolic OH excluding ortho intramolecular Hbond substituents is 1. The van der Waals surface area contributed by atoms with E-state index in [0.717, 1.165) is 44.1 Å². The summed E-state index contributed by atoms with van der Waals surface area (Å²) in [7, 11) is 0. The van der Waals surface area contributed by atoms with Crippen molar-refractivity contribution < 1.29 is 29.3 Å². The molecule has 1 aliphatic heterocycles. The van der Waals surface area contributed by atoms with Crippen LogP contribution in [-0.4, -0.2) is 41.1 Å². The molecule has 0 radical (unpaired) electrons. The smallest absolute Gasteiger partial charge is 0.411 e. The van der Waals surface area contributed by atoms with E-state index in [2.05, 4.69) is 12.2 Å². The van der Waals surface area contributed by atoms with E-state index in [1.54, 1.807) is 12.1 Å². The molecule has 0 saturated heterocycles. The molecular weight excluding hydrogens is 410 g/mol. The summed E-state index contributed by atoms with van der Waals surface area (Å²) in [6.45, 7) is 4.46. The van der Waals surface area contributed by atoms with Crippen molar-refractivity contribution in [3.63, 3.8) is 0 Å². The number of phenols is 1. The van der Waals surface area contributed by atoms with E-state index in [4.69, 9.17) is 9.47 Å². The number of carbonyl (C=O) groups excluding carboxylic acids is 2. The molecule has 1 amide bonds. The Kier molecular flexibility index (Phi) is 11.1. The number of aromatic hydroxyl groups is 1. The summed E-state index contributed by atoms with van der Waals surface area (Å²) in [5.74, 6) is -0.611.